The summed E-state index contributed by atoms with van der Waals surface area (Å²) < 4.78 is 10.2. The zero-order valence-electron chi connectivity index (χ0n) is 21.6. The fourth-order valence-electron chi connectivity index (χ4n) is 2.77. The summed E-state index contributed by atoms with van der Waals surface area (Å²) in [6, 6.07) is 12.1. The number of hydrogen-bond acceptors (Lipinski definition) is 11. The van der Waals surface area contributed by atoms with Gasteiger partial charge in [-0.3, -0.25) is 0 Å². The average molecular weight is 566 g/mol. The van der Waals surface area contributed by atoms with Gasteiger partial charge in [-0.05, 0) is 36.4 Å². The van der Waals surface area contributed by atoms with Crippen LogP contribution in [0.5, 0.6) is 0 Å². The number of rotatable bonds is 4. The van der Waals surface area contributed by atoms with Crippen molar-refractivity contribution in [1.82, 2.24) is 35.2 Å². The Hall–Kier alpha value is -4.40. The molecule has 39 heavy (non-hydrogen) atoms. The Balaban J connectivity index is 0.000000167. The molecule has 13 heteroatoms. The Kier molecular flexibility index (Phi) is 10.4. The van der Waals surface area contributed by atoms with Crippen LogP contribution in [0.3, 0.4) is 0 Å². The number of nitrogens with two attached hydrogens (primary N) is 1. The summed E-state index contributed by atoms with van der Waals surface area (Å²) >= 11 is 11.2. The fourth-order valence-corrected chi connectivity index (χ4v) is 3.12. The molecule has 0 aliphatic heterocycles. The van der Waals surface area contributed by atoms with Crippen LogP contribution in [0.1, 0.15) is 56.9 Å². The predicted octanol–water partition coefficient (Wildman–Crippen LogP) is 6.35. The van der Waals surface area contributed by atoms with Crippen LogP contribution in [0.2, 0.25) is 10.3 Å². The highest BCUT2D eigenvalue weighted by Crippen LogP contribution is 2.21. The second-order valence-electron chi connectivity index (χ2n) is 8.54. The van der Waals surface area contributed by atoms with Crippen LogP contribution in [-0.2, 0) is 0 Å². The monoisotopic (exact) mass is 565 g/mol. The van der Waals surface area contributed by atoms with Gasteiger partial charge in [-0.2, -0.15) is 15.2 Å². The summed E-state index contributed by atoms with van der Waals surface area (Å²) in [5.74, 6) is 3.24. The molecule has 5 aromatic rings. The maximum atomic E-state index is 8.33. The van der Waals surface area contributed by atoms with Gasteiger partial charge >= 0.3 is 0 Å². The number of pyridine rings is 3. The molecule has 0 radical (unpaired) electrons. The first-order chi connectivity index (χ1) is 18.7. The van der Waals surface area contributed by atoms with Gasteiger partial charge in [0.05, 0.1) is 11.6 Å². The molecule has 11 nitrogen and oxygen atoms in total. The first-order valence-corrected chi connectivity index (χ1v) is 12.4. The largest absolute Gasteiger partial charge is 0.384 e. The summed E-state index contributed by atoms with van der Waals surface area (Å²) in [6.45, 7) is 7.99. The lowest BCUT2D eigenvalue weighted by Crippen LogP contribution is -1.91. The number of hydrogen-bond donors (Lipinski definition) is 1. The molecule has 0 atom stereocenters. The molecule has 0 aliphatic carbocycles. The van der Waals surface area contributed by atoms with Crippen molar-refractivity contribution in [3.05, 3.63) is 82.6 Å². The van der Waals surface area contributed by atoms with Crippen LogP contribution < -0.4 is 5.73 Å². The molecule has 0 spiro atoms. The van der Waals surface area contributed by atoms with E-state index in [0.717, 1.165) is 11.1 Å². The minimum Gasteiger partial charge on any atom is -0.384 e. The summed E-state index contributed by atoms with van der Waals surface area (Å²) in [6.07, 6.45) is 4.74. The number of nitrogen functional groups attached to an aromatic ring is 1. The van der Waals surface area contributed by atoms with Crippen LogP contribution in [0.15, 0.2) is 64.0 Å². The van der Waals surface area contributed by atoms with E-state index in [1.54, 1.807) is 42.7 Å². The van der Waals surface area contributed by atoms with Crippen LogP contribution >= 0.6 is 23.2 Å². The molecule has 0 unspecified atom stereocenters. The minimum absolute atomic E-state index is 0.226. The van der Waals surface area contributed by atoms with Gasteiger partial charge in [0.2, 0.25) is 23.4 Å². The molecule has 0 saturated carbocycles. The van der Waals surface area contributed by atoms with Crippen molar-refractivity contribution in [2.45, 2.75) is 39.5 Å². The number of aromatic nitrogens is 7. The van der Waals surface area contributed by atoms with E-state index in [1.807, 2.05) is 33.8 Å². The summed E-state index contributed by atoms with van der Waals surface area (Å²) in [5.41, 5.74) is 7.73. The smallest absolute Gasteiger partial charge is 0.229 e. The van der Waals surface area contributed by atoms with E-state index in [2.05, 4.69) is 35.2 Å². The highest BCUT2D eigenvalue weighted by Gasteiger charge is 2.12. The summed E-state index contributed by atoms with van der Waals surface area (Å²) in [5, 5.41) is 16.9. The number of nitrogens with zero attached hydrogens (tertiary/aromatic N) is 8. The number of halogens is 2. The average Bonchev–Trinajstić information content (AvgIpc) is 3.61. The van der Waals surface area contributed by atoms with Crippen molar-refractivity contribution in [1.29, 1.82) is 5.26 Å². The second kappa shape index (κ2) is 13.9. The van der Waals surface area contributed by atoms with Crippen LogP contribution in [0.25, 0.3) is 22.8 Å². The van der Waals surface area contributed by atoms with Crippen molar-refractivity contribution in [2.75, 3.05) is 5.73 Å². The number of anilines is 1. The molecule has 0 bridgehead atoms. The zero-order valence-corrected chi connectivity index (χ0v) is 23.1. The molecule has 5 rings (SSSR count). The maximum Gasteiger partial charge on any atom is 0.229 e. The Bertz CT molecular complexity index is 1460. The molecule has 0 saturated heterocycles. The first kappa shape index (κ1) is 29.2. The molecule has 200 valence electrons. The third kappa shape index (κ3) is 8.84. The van der Waals surface area contributed by atoms with E-state index in [4.69, 9.17) is 43.2 Å². The molecule has 5 aromatic heterocycles. The molecule has 0 aliphatic rings. The van der Waals surface area contributed by atoms with Gasteiger partial charge in [0.1, 0.15) is 16.1 Å². The Morgan fingerprint density at radius 1 is 0.744 bits per heavy atom. The fraction of sp³-hybridized carbons (Fsp3) is 0.231. The molecular formula is C26H25Cl2N9O2. The van der Waals surface area contributed by atoms with Crippen molar-refractivity contribution in [3.8, 4) is 28.8 Å². The van der Waals surface area contributed by atoms with Crippen molar-refractivity contribution in [3.63, 3.8) is 0 Å². The molecule has 0 aromatic carbocycles. The third-order valence-corrected chi connectivity index (χ3v) is 5.16. The van der Waals surface area contributed by atoms with Gasteiger partial charge in [0.15, 0.2) is 0 Å². The predicted molar refractivity (Wildman–Crippen MR) is 147 cm³/mol. The minimum atomic E-state index is 0.226. The lowest BCUT2D eigenvalue weighted by atomic mass is 10.2. The third-order valence-electron chi connectivity index (χ3n) is 4.75. The molecule has 5 heterocycles. The quantitative estimate of drug-likeness (QED) is 0.241. The topological polar surface area (TPSA) is 166 Å². The highest BCUT2D eigenvalue weighted by atomic mass is 35.5. The van der Waals surface area contributed by atoms with E-state index in [9.17, 15) is 0 Å². The van der Waals surface area contributed by atoms with E-state index >= 15 is 0 Å². The summed E-state index contributed by atoms with van der Waals surface area (Å²) in [4.78, 5) is 20.0. The second-order valence-corrected chi connectivity index (χ2v) is 9.31. The highest BCUT2D eigenvalue weighted by molar-refractivity contribution is 6.29. The van der Waals surface area contributed by atoms with E-state index in [1.165, 1.54) is 12.3 Å². The van der Waals surface area contributed by atoms with Gasteiger partial charge in [-0.1, -0.05) is 61.2 Å². The van der Waals surface area contributed by atoms with Gasteiger partial charge in [-0.15, -0.1) is 0 Å². The van der Waals surface area contributed by atoms with E-state index in [-0.39, 0.29) is 11.8 Å². The molecule has 0 amide bonds. The summed E-state index contributed by atoms with van der Waals surface area (Å²) in [7, 11) is 0. The molecular weight excluding hydrogens is 541 g/mol. The molecule has 2 N–H and O–H groups in total. The normalized spacial score (nSPS) is 10.3. The standard InChI is InChI=1S/C10H10ClN3O.C10H12N4O.C6H3ClN2/c2*1-6(2)10-13-9(14-15-10)7-3-4-12-8(11)5-7;7-6-3-5(4-8)1-2-9-6/h3-6H,1-2H3;3-6H,1-2H3,(H2,11,12);1-3H. The SMILES string of the molecule is CC(C)c1nc(-c2ccnc(Cl)c2)no1.CC(C)c1nc(-c2ccnc(N)c2)no1.N#Cc1ccnc(Cl)c1. The van der Waals surface area contributed by atoms with Gasteiger partial charge in [0.25, 0.3) is 0 Å². The van der Waals surface area contributed by atoms with E-state index < -0.39 is 0 Å². The van der Waals surface area contributed by atoms with Crippen LogP contribution in [0, 0.1) is 11.3 Å². The maximum absolute atomic E-state index is 8.33. The Morgan fingerprint density at radius 2 is 1.23 bits per heavy atom. The lowest BCUT2D eigenvalue weighted by Gasteiger charge is -1.95. The van der Waals surface area contributed by atoms with Gasteiger partial charge in [-0.25, -0.2) is 15.0 Å². The Morgan fingerprint density at radius 3 is 1.64 bits per heavy atom. The van der Waals surface area contributed by atoms with E-state index in [0.29, 0.717) is 45.1 Å². The van der Waals surface area contributed by atoms with Crippen LogP contribution in [0.4, 0.5) is 5.82 Å². The van der Waals surface area contributed by atoms with Gasteiger partial charge < -0.3 is 14.8 Å². The van der Waals surface area contributed by atoms with Crippen LogP contribution in [-0.4, -0.2) is 35.2 Å². The van der Waals surface area contributed by atoms with Gasteiger partial charge in [0, 0.05) is 41.6 Å². The lowest BCUT2D eigenvalue weighted by molar-refractivity contribution is 0.365. The van der Waals surface area contributed by atoms with Crippen molar-refractivity contribution in [2.24, 2.45) is 0 Å². The first-order valence-electron chi connectivity index (χ1n) is 11.7. The molecule has 0 fully saturated rings. The Labute approximate surface area is 235 Å². The number of nitriles is 1. The van der Waals surface area contributed by atoms with Crippen molar-refractivity contribution < 1.29 is 9.05 Å². The zero-order chi connectivity index (χ0) is 28.4. The van der Waals surface area contributed by atoms with Crippen molar-refractivity contribution >= 4 is 29.0 Å².